The van der Waals surface area contributed by atoms with Gasteiger partial charge in [-0.15, -0.1) is 0 Å². The van der Waals surface area contributed by atoms with Crippen molar-refractivity contribution in [2.45, 2.75) is 0 Å². The minimum Gasteiger partial charge on any atom is -0.311 e. The van der Waals surface area contributed by atoms with Crippen LogP contribution >= 0.6 is 0 Å². The molecule has 0 spiro atoms. The first-order valence-corrected chi connectivity index (χ1v) is 4.88. The highest BCUT2D eigenvalue weighted by atomic mass is 16.1. The summed E-state index contributed by atoms with van der Waals surface area (Å²) in [5, 5.41) is 6.23. The standard InChI is InChI=1S/C11H9N3O2/c1-14-7-5-3-2-4-6(7)9-8(11(14)16)10(15)13-12-9/h2-5H,1H3,(H2,12,13,15). The lowest BCUT2D eigenvalue weighted by Gasteiger charge is -2.04. The van der Waals surface area contributed by atoms with Gasteiger partial charge in [0.1, 0.15) is 5.39 Å². The number of benzene rings is 1. The number of fused-ring (bicyclic) bond motifs is 3. The molecule has 0 unspecified atom stereocenters. The van der Waals surface area contributed by atoms with Gasteiger partial charge in [0.25, 0.3) is 11.1 Å². The average molecular weight is 215 g/mol. The van der Waals surface area contributed by atoms with E-state index in [-0.39, 0.29) is 16.5 Å². The number of aromatic nitrogens is 3. The number of rotatable bonds is 0. The molecule has 0 bridgehead atoms. The Kier molecular flexibility index (Phi) is 1.60. The van der Waals surface area contributed by atoms with E-state index >= 15 is 0 Å². The van der Waals surface area contributed by atoms with Crippen molar-refractivity contribution in [3.8, 4) is 0 Å². The Hall–Kier alpha value is -2.30. The van der Waals surface area contributed by atoms with Crippen molar-refractivity contribution < 1.29 is 0 Å². The molecule has 2 aromatic heterocycles. The lowest BCUT2D eigenvalue weighted by molar-refractivity contribution is 0.917. The molecule has 5 heteroatoms. The third kappa shape index (κ3) is 0.942. The summed E-state index contributed by atoms with van der Waals surface area (Å²) < 4.78 is 1.49. The number of aryl methyl sites for hydroxylation is 1. The maximum atomic E-state index is 11.9. The Balaban J connectivity index is 2.82. The second kappa shape index (κ2) is 2.85. The van der Waals surface area contributed by atoms with Crippen LogP contribution in [-0.2, 0) is 7.05 Å². The lowest BCUT2D eigenvalue weighted by atomic mass is 10.1. The first kappa shape index (κ1) is 8.96. The summed E-state index contributed by atoms with van der Waals surface area (Å²) in [5.41, 5.74) is 0.719. The van der Waals surface area contributed by atoms with Gasteiger partial charge in [0.2, 0.25) is 0 Å². The summed E-state index contributed by atoms with van der Waals surface area (Å²) >= 11 is 0. The number of aromatic amines is 2. The van der Waals surface area contributed by atoms with Crippen LogP contribution in [-0.4, -0.2) is 14.8 Å². The van der Waals surface area contributed by atoms with Crippen LogP contribution in [0.25, 0.3) is 21.8 Å². The second-order valence-corrected chi connectivity index (χ2v) is 3.71. The monoisotopic (exact) mass is 215 g/mol. The molecule has 0 amide bonds. The van der Waals surface area contributed by atoms with Crippen LogP contribution in [0.4, 0.5) is 0 Å². The van der Waals surface area contributed by atoms with Crippen LogP contribution in [0.3, 0.4) is 0 Å². The van der Waals surface area contributed by atoms with E-state index in [0.717, 1.165) is 10.9 Å². The van der Waals surface area contributed by atoms with Gasteiger partial charge in [0, 0.05) is 12.4 Å². The fraction of sp³-hybridized carbons (Fsp3) is 0.0909. The normalized spacial score (nSPS) is 11.3. The molecule has 3 aromatic rings. The van der Waals surface area contributed by atoms with E-state index in [4.69, 9.17) is 0 Å². The molecule has 16 heavy (non-hydrogen) atoms. The molecule has 0 aliphatic heterocycles. The van der Waals surface area contributed by atoms with Crippen LogP contribution in [0.1, 0.15) is 0 Å². The maximum Gasteiger partial charge on any atom is 0.277 e. The largest absolute Gasteiger partial charge is 0.311 e. The molecule has 3 rings (SSSR count). The molecular weight excluding hydrogens is 206 g/mol. The van der Waals surface area contributed by atoms with Crippen molar-refractivity contribution >= 4 is 21.8 Å². The molecular formula is C11H9N3O2. The highest BCUT2D eigenvalue weighted by Crippen LogP contribution is 2.17. The van der Waals surface area contributed by atoms with Crippen molar-refractivity contribution in [2.24, 2.45) is 7.05 Å². The number of para-hydroxylation sites is 1. The molecule has 0 saturated carbocycles. The van der Waals surface area contributed by atoms with Gasteiger partial charge in [-0.25, -0.2) is 0 Å². The van der Waals surface area contributed by atoms with E-state index in [9.17, 15) is 9.59 Å². The zero-order chi connectivity index (χ0) is 11.3. The van der Waals surface area contributed by atoms with Crippen molar-refractivity contribution in [3.63, 3.8) is 0 Å². The van der Waals surface area contributed by atoms with Gasteiger partial charge in [-0.3, -0.25) is 19.8 Å². The summed E-state index contributed by atoms with van der Waals surface area (Å²) in [6, 6.07) is 7.46. The van der Waals surface area contributed by atoms with Crippen molar-refractivity contribution in [1.29, 1.82) is 0 Å². The SMILES string of the molecule is Cn1c(=O)c2c(=O)[nH][nH]c2c2ccccc21. The molecule has 0 saturated heterocycles. The highest BCUT2D eigenvalue weighted by Gasteiger charge is 2.11. The Labute approximate surface area is 89.3 Å². The number of H-pyrrole nitrogens is 2. The van der Waals surface area contributed by atoms with Crippen LogP contribution < -0.4 is 11.1 Å². The molecule has 0 aliphatic rings. The van der Waals surface area contributed by atoms with Gasteiger partial charge in [-0.05, 0) is 6.07 Å². The molecule has 0 fully saturated rings. The average Bonchev–Trinajstić information content (AvgIpc) is 2.69. The fourth-order valence-corrected chi connectivity index (χ4v) is 2.02. The van der Waals surface area contributed by atoms with Crippen LogP contribution in [0, 0.1) is 0 Å². The molecule has 2 heterocycles. The minimum absolute atomic E-state index is 0.182. The van der Waals surface area contributed by atoms with Crippen LogP contribution in [0.15, 0.2) is 33.9 Å². The van der Waals surface area contributed by atoms with Gasteiger partial charge >= 0.3 is 0 Å². The van der Waals surface area contributed by atoms with E-state index in [1.54, 1.807) is 7.05 Å². The van der Waals surface area contributed by atoms with Crippen LogP contribution in [0.5, 0.6) is 0 Å². The molecule has 1 aromatic carbocycles. The van der Waals surface area contributed by atoms with Gasteiger partial charge < -0.3 is 4.57 Å². The highest BCUT2D eigenvalue weighted by molar-refractivity contribution is 6.02. The predicted molar refractivity (Wildman–Crippen MR) is 61.7 cm³/mol. The van der Waals surface area contributed by atoms with E-state index in [1.165, 1.54) is 4.57 Å². The quantitative estimate of drug-likeness (QED) is 0.579. The number of pyridine rings is 1. The Morgan fingerprint density at radius 2 is 1.88 bits per heavy atom. The Morgan fingerprint density at radius 1 is 1.12 bits per heavy atom. The second-order valence-electron chi connectivity index (χ2n) is 3.71. The van der Waals surface area contributed by atoms with Crippen molar-refractivity contribution in [1.82, 2.24) is 14.8 Å². The molecule has 2 N–H and O–H groups in total. The third-order valence-electron chi connectivity index (χ3n) is 2.83. The molecule has 0 atom stereocenters. The topological polar surface area (TPSA) is 70.7 Å². The number of hydrogen-bond donors (Lipinski definition) is 2. The number of nitrogens with one attached hydrogen (secondary N) is 2. The molecule has 0 radical (unpaired) electrons. The van der Waals surface area contributed by atoms with E-state index in [2.05, 4.69) is 10.2 Å². The predicted octanol–water partition coefficient (Wildman–Crippen LogP) is 0.708. The molecule has 5 nitrogen and oxygen atoms in total. The zero-order valence-electron chi connectivity index (χ0n) is 8.57. The number of hydrogen-bond acceptors (Lipinski definition) is 2. The summed E-state index contributed by atoms with van der Waals surface area (Å²) in [4.78, 5) is 23.4. The van der Waals surface area contributed by atoms with E-state index < -0.39 is 0 Å². The minimum atomic E-state index is -0.374. The fourth-order valence-electron chi connectivity index (χ4n) is 2.02. The van der Waals surface area contributed by atoms with Gasteiger partial charge in [-0.1, -0.05) is 18.2 Å². The summed E-state index contributed by atoms with van der Waals surface area (Å²) in [6.07, 6.45) is 0. The molecule has 0 aliphatic carbocycles. The van der Waals surface area contributed by atoms with Crippen molar-refractivity contribution in [2.75, 3.05) is 0 Å². The van der Waals surface area contributed by atoms with Gasteiger partial charge in [0.15, 0.2) is 0 Å². The third-order valence-corrected chi connectivity index (χ3v) is 2.83. The van der Waals surface area contributed by atoms with Crippen molar-refractivity contribution in [3.05, 3.63) is 45.0 Å². The Bertz CT molecular complexity index is 807. The zero-order valence-corrected chi connectivity index (χ0v) is 8.57. The smallest absolute Gasteiger partial charge is 0.277 e. The van der Waals surface area contributed by atoms with Crippen LogP contribution in [0.2, 0.25) is 0 Å². The first-order chi connectivity index (χ1) is 7.70. The van der Waals surface area contributed by atoms with Gasteiger partial charge in [-0.2, -0.15) is 0 Å². The van der Waals surface area contributed by atoms with Gasteiger partial charge in [0.05, 0.1) is 11.0 Å². The summed E-state index contributed by atoms with van der Waals surface area (Å²) in [7, 11) is 1.66. The van der Waals surface area contributed by atoms with E-state index in [1.807, 2.05) is 24.3 Å². The molecule has 80 valence electrons. The lowest BCUT2D eigenvalue weighted by Crippen LogP contribution is -2.21. The Morgan fingerprint density at radius 3 is 2.69 bits per heavy atom. The summed E-state index contributed by atoms with van der Waals surface area (Å²) in [5.74, 6) is 0. The maximum absolute atomic E-state index is 11.9. The van der Waals surface area contributed by atoms with E-state index in [0.29, 0.717) is 5.52 Å². The number of nitrogens with zero attached hydrogens (tertiary/aromatic N) is 1. The summed E-state index contributed by atoms with van der Waals surface area (Å²) in [6.45, 7) is 0. The first-order valence-electron chi connectivity index (χ1n) is 4.88.